The van der Waals surface area contributed by atoms with Gasteiger partial charge in [0.05, 0.1) is 35.9 Å². The van der Waals surface area contributed by atoms with Crippen LogP contribution in [0.1, 0.15) is 39.1 Å². The maximum atomic E-state index is 6.19. The topological polar surface area (TPSA) is 58.4 Å². The summed E-state index contributed by atoms with van der Waals surface area (Å²) in [5.74, 6) is 0.575. The van der Waals surface area contributed by atoms with Gasteiger partial charge in [-0.05, 0) is 47.6 Å². The van der Waals surface area contributed by atoms with Crippen LogP contribution in [0.25, 0.3) is 5.69 Å². The third kappa shape index (κ3) is 2.61. The molecule has 6 nitrogen and oxygen atoms in total. The van der Waals surface area contributed by atoms with Gasteiger partial charge in [0.15, 0.2) is 0 Å². The molecule has 0 radical (unpaired) electrons. The monoisotopic (exact) mass is 329 g/mol. The molecule has 1 fully saturated rings. The van der Waals surface area contributed by atoms with Crippen LogP contribution in [0.5, 0.6) is 5.88 Å². The summed E-state index contributed by atoms with van der Waals surface area (Å²) in [5.41, 5.74) is 2.98. The first-order valence-electron chi connectivity index (χ1n) is 8.08. The fourth-order valence-electron chi connectivity index (χ4n) is 2.83. The van der Waals surface area contributed by atoms with Gasteiger partial charge in [0.1, 0.15) is 0 Å². The minimum atomic E-state index is -0.421. The zero-order valence-corrected chi connectivity index (χ0v) is 15.4. The largest absolute Gasteiger partial charge is 0.498 e. The molecule has 1 aliphatic rings. The van der Waals surface area contributed by atoms with E-state index in [9.17, 15) is 0 Å². The third-order valence-corrected chi connectivity index (χ3v) is 5.01. The van der Waals surface area contributed by atoms with Gasteiger partial charge in [-0.3, -0.25) is 0 Å². The van der Waals surface area contributed by atoms with E-state index in [4.69, 9.17) is 14.0 Å². The molecule has 0 saturated carbocycles. The zero-order chi connectivity index (χ0) is 17.7. The van der Waals surface area contributed by atoms with Crippen molar-refractivity contribution in [3.8, 4) is 11.6 Å². The Labute approximate surface area is 143 Å². The van der Waals surface area contributed by atoms with Gasteiger partial charge in [0.2, 0.25) is 5.88 Å². The first kappa shape index (κ1) is 17.0. The molecule has 0 aromatic carbocycles. The Morgan fingerprint density at radius 3 is 2.21 bits per heavy atom. The molecule has 3 heterocycles. The predicted molar refractivity (Wildman–Crippen MR) is 93.1 cm³/mol. The zero-order valence-electron chi connectivity index (χ0n) is 15.4. The summed E-state index contributed by atoms with van der Waals surface area (Å²) in [7, 11) is 1.18. The van der Waals surface area contributed by atoms with E-state index in [2.05, 4.69) is 37.8 Å². The van der Waals surface area contributed by atoms with Crippen LogP contribution in [-0.2, 0) is 9.31 Å². The van der Waals surface area contributed by atoms with Crippen molar-refractivity contribution in [2.45, 2.75) is 52.7 Å². The van der Waals surface area contributed by atoms with Crippen LogP contribution in [-0.4, -0.2) is 40.2 Å². The lowest BCUT2D eigenvalue weighted by Gasteiger charge is -2.32. The van der Waals surface area contributed by atoms with Gasteiger partial charge in [0.25, 0.3) is 0 Å². The molecule has 128 valence electrons. The molecule has 0 spiro atoms. The van der Waals surface area contributed by atoms with Crippen LogP contribution >= 0.6 is 0 Å². The smallest absolute Gasteiger partial charge is 0.481 e. The van der Waals surface area contributed by atoms with E-state index >= 15 is 0 Å². The summed E-state index contributed by atoms with van der Waals surface area (Å²) in [4.78, 5) is 4.25. The summed E-state index contributed by atoms with van der Waals surface area (Å²) in [5, 5.41) is 4.65. The van der Waals surface area contributed by atoms with Crippen LogP contribution in [0.15, 0.2) is 18.3 Å². The van der Waals surface area contributed by atoms with E-state index in [1.165, 1.54) is 0 Å². The molecular weight excluding hydrogens is 305 g/mol. The minimum absolute atomic E-state index is 0.375. The predicted octanol–water partition coefficient (Wildman–Crippen LogP) is 2.19. The van der Waals surface area contributed by atoms with Gasteiger partial charge in [0, 0.05) is 17.2 Å². The third-order valence-electron chi connectivity index (χ3n) is 5.01. The molecule has 3 rings (SSSR count). The molecule has 0 bridgehead atoms. The van der Waals surface area contributed by atoms with Crippen LogP contribution < -0.4 is 10.2 Å². The van der Waals surface area contributed by atoms with E-state index in [1.807, 2.05) is 30.7 Å². The Bertz CT molecular complexity index is 737. The number of methoxy groups -OCH3 is 1. The SMILES string of the molecule is COc1ccc(-n2nc(C)c(B3OC(C)(C)C(C)(C)O3)c2C)cn1. The fourth-order valence-corrected chi connectivity index (χ4v) is 2.83. The number of aromatic nitrogens is 3. The molecule has 2 aromatic rings. The van der Waals surface area contributed by atoms with Crippen molar-refractivity contribution >= 4 is 12.6 Å². The van der Waals surface area contributed by atoms with Crippen molar-refractivity contribution in [1.82, 2.24) is 14.8 Å². The van der Waals surface area contributed by atoms with Crippen LogP contribution in [0.4, 0.5) is 0 Å². The van der Waals surface area contributed by atoms with Crippen molar-refractivity contribution in [2.75, 3.05) is 7.11 Å². The van der Waals surface area contributed by atoms with Gasteiger partial charge >= 0.3 is 7.12 Å². The Balaban J connectivity index is 1.98. The Morgan fingerprint density at radius 2 is 1.71 bits per heavy atom. The maximum Gasteiger partial charge on any atom is 0.498 e. The molecule has 2 aromatic heterocycles. The maximum absolute atomic E-state index is 6.19. The average molecular weight is 329 g/mol. The minimum Gasteiger partial charge on any atom is -0.481 e. The number of nitrogens with zero attached hydrogens (tertiary/aromatic N) is 3. The van der Waals surface area contributed by atoms with E-state index < -0.39 is 7.12 Å². The lowest BCUT2D eigenvalue weighted by Crippen LogP contribution is -2.41. The summed E-state index contributed by atoms with van der Waals surface area (Å²) in [6, 6.07) is 3.75. The van der Waals surface area contributed by atoms with E-state index in [-0.39, 0.29) is 11.2 Å². The van der Waals surface area contributed by atoms with E-state index in [1.54, 1.807) is 13.3 Å². The number of hydrogen-bond donors (Lipinski definition) is 0. The highest BCUT2D eigenvalue weighted by Gasteiger charge is 2.53. The number of ether oxygens (including phenoxy) is 1. The lowest BCUT2D eigenvalue weighted by molar-refractivity contribution is 0.00578. The van der Waals surface area contributed by atoms with Crippen LogP contribution in [0.2, 0.25) is 0 Å². The second kappa shape index (κ2) is 5.60. The highest BCUT2D eigenvalue weighted by molar-refractivity contribution is 6.63. The summed E-state index contributed by atoms with van der Waals surface area (Å²) in [6.07, 6.45) is 1.74. The molecule has 0 unspecified atom stereocenters. The molecule has 0 atom stereocenters. The van der Waals surface area contributed by atoms with Gasteiger partial charge in [-0.25, -0.2) is 9.67 Å². The van der Waals surface area contributed by atoms with Crippen LogP contribution in [0.3, 0.4) is 0 Å². The lowest BCUT2D eigenvalue weighted by atomic mass is 9.77. The van der Waals surface area contributed by atoms with E-state index in [0.717, 1.165) is 22.5 Å². The van der Waals surface area contributed by atoms with E-state index in [0.29, 0.717) is 5.88 Å². The molecule has 0 amide bonds. The highest BCUT2D eigenvalue weighted by atomic mass is 16.7. The Morgan fingerprint density at radius 1 is 1.08 bits per heavy atom. The van der Waals surface area contributed by atoms with Crippen molar-refractivity contribution in [1.29, 1.82) is 0 Å². The molecule has 0 N–H and O–H groups in total. The van der Waals surface area contributed by atoms with Crippen molar-refractivity contribution < 1.29 is 14.0 Å². The molecular formula is C17H24BN3O3. The van der Waals surface area contributed by atoms with Gasteiger partial charge in [-0.2, -0.15) is 5.10 Å². The van der Waals surface area contributed by atoms with Crippen molar-refractivity contribution in [2.24, 2.45) is 0 Å². The standard InChI is InChI=1S/C17H24BN3O3/c1-11-15(18-23-16(3,4)17(5,6)24-18)12(2)21(20-11)13-8-9-14(22-7)19-10-13/h8-10H,1-7H3. The molecule has 1 saturated heterocycles. The van der Waals surface area contributed by atoms with Gasteiger partial charge in [-0.15, -0.1) is 0 Å². The normalized spacial score (nSPS) is 18.9. The number of rotatable bonds is 3. The van der Waals surface area contributed by atoms with Gasteiger partial charge < -0.3 is 14.0 Å². The highest BCUT2D eigenvalue weighted by Crippen LogP contribution is 2.37. The Hall–Kier alpha value is -1.86. The molecule has 7 heteroatoms. The Kier molecular flexibility index (Phi) is 3.96. The summed E-state index contributed by atoms with van der Waals surface area (Å²) >= 11 is 0. The first-order valence-corrected chi connectivity index (χ1v) is 8.08. The molecule has 0 aliphatic carbocycles. The van der Waals surface area contributed by atoms with Gasteiger partial charge in [-0.1, -0.05) is 0 Å². The van der Waals surface area contributed by atoms with Crippen LogP contribution in [0, 0.1) is 13.8 Å². The fraction of sp³-hybridized carbons (Fsp3) is 0.529. The second-order valence-corrected chi connectivity index (χ2v) is 7.14. The number of hydrogen-bond acceptors (Lipinski definition) is 5. The molecule has 1 aliphatic heterocycles. The summed E-state index contributed by atoms with van der Waals surface area (Å²) < 4.78 is 19.3. The van der Waals surface area contributed by atoms with Crippen molar-refractivity contribution in [3.05, 3.63) is 29.7 Å². The quantitative estimate of drug-likeness (QED) is 0.808. The number of aryl methyl sites for hydroxylation is 1. The second-order valence-electron chi connectivity index (χ2n) is 7.14. The summed E-state index contributed by atoms with van der Waals surface area (Å²) in [6.45, 7) is 12.2. The molecule has 24 heavy (non-hydrogen) atoms. The average Bonchev–Trinajstić information content (AvgIpc) is 2.91. The number of pyridine rings is 1. The van der Waals surface area contributed by atoms with Crippen molar-refractivity contribution in [3.63, 3.8) is 0 Å². The first-order chi connectivity index (χ1) is 11.2.